The third-order valence-corrected chi connectivity index (χ3v) is 6.02. The van der Waals surface area contributed by atoms with Crippen LogP contribution >= 0.6 is 0 Å². The molecule has 2 atom stereocenters. The Morgan fingerprint density at radius 1 is 1.18 bits per heavy atom. The van der Waals surface area contributed by atoms with E-state index < -0.39 is 0 Å². The van der Waals surface area contributed by atoms with Crippen molar-refractivity contribution in [1.29, 1.82) is 0 Å². The second-order valence-corrected chi connectivity index (χ2v) is 8.01. The van der Waals surface area contributed by atoms with Crippen molar-refractivity contribution in [3.63, 3.8) is 0 Å². The first-order valence-corrected chi connectivity index (χ1v) is 9.99. The summed E-state index contributed by atoms with van der Waals surface area (Å²) in [4.78, 5) is 26.5. The summed E-state index contributed by atoms with van der Waals surface area (Å²) >= 11 is 0. The lowest BCUT2D eigenvalue weighted by Gasteiger charge is -2.28. The number of hydrogen-bond donors (Lipinski definition) is 2. The number of likely N-dealkylation sites (tertiary alicyclic amines) is 1. The SMILES string of the molecule is Cc1ccc([C@H]2CCCN2C(=O)N[C@@H](C)c2ccc3c(c2)CC(=O)N3)cc1C. The van der Waals surface area contributed by atoms with Gasteiger partial charge in [-0.2, -0.15) is 0 Å². The third kappa shape index (κ3) is 3.49. The fourth-order valence-corrected chi connectivity index (χ4v) is 4.20. The minimum Gasteiger partial charge on any atom is -0.331 e. The summed E-state index contributed by atoms with van der Waals surface area (Å²) in [7, 11) is 0. The largest absolute Gasteiger partial charge is 0.331 e. The first-order valence-electron chi connectivity index (χ1n) is 9.99. The van der Waals surface area contributed by atoms with E-state index in [-0.39, 0.29) is 24.0 Å². The van der Waals surface area contributed by atoms with Crippen molar-refractivity contribution in [2.45, 2.75) is 52.1 Å². The summed E-state index contributed by atoms with van der Waals surface area (Å²) < 4.78 is 0. The number of urea groups is 1. The lowest BCUT2D eigenvalue weighted by Crippen LogP contribution is -2.40. The minimum absolute atomic E-state index is 0.0251. The first-order chi connectivity index (χ1) is 13.4. The van der Waals surface area contributed by atoms with Crippen LogP contribution in [0.3, 0.4) is 0 Å². The van der Waals surface area contributed by atoms with Crippen LogP contribution in [0.2, 0.25) is 0 Å². The summed E-state index contributed by atoms with van der Waals surface area (Å²) in [6.45, 7) is 7.00. The fraction of sp³-hybridized carbons (Fsp3) is 0.391. The molecule has 146 valence electrons. The molecule has 0 radical (unpaired) electrons. The van der Waals surface area contributed by atoms with Crippen LogP contribution in [0.25, 0.3) is 0 Å². The van der Waals surface area contributed by atoms with Crippen LogP contribution in [0.15, 0.2) is 36.4 Å². The number of benzene rings is 2. The Kier molecular flexibility index (Phi) is 4.84. The Morgan fingerprint density at radius 3 is 2.79 bits per heavy atom. The molecule has 1 fully saturated rings. The molecule has 0 saturated carbocycles. The van der Waals surface area contributed by atoms with E-state index in [1.54, 1.807) is 0 Å². The predicted molar refractivity (Wildman–Crippen MR) is 110 cm³/mol. The number of aryl methyl sites for hydroxylation is 2. The molecule has 2 aliphatic rings. The molecule has 5 nitrogen and oxygen atoms in total. The highest BCUT2D eigenvalue weighted by atomic mass is 16.2. The maximum Gasteiger partial charge on any atom is 0.318 e. The van der Waals surface area contributed by atoms with Crippen molar-refractivity contribution in [2.24, 2.45) is 0 Å². The number of fused-ring (bicyclic) bond motifs is 1. The van der Waals surface area contributed by atoms with Gasteiger partial charge in [0.1, 0.15) is 0 Å². The van der Waals surface area contributed by atoms with Gasteiger partial charge in [0.15, 0.2) is 0 Å². The molecular weight excluding hydrogens is 350 g/mol. The van der Waals surface area contributed by atoms with E-state index in [4.69, 9.17) is 0 Å². The smallest absolute Gasteiger partial charge is 0.318 e. The number of nitrogens with zero attached hydrogens (tertiary/aromatic N) is 1. The molecule has 1 saturated heterocycles. The zero-order valence-corrected chi connectivity index (χ0v) is 16.7. The third-order valence-electron chi connectivity index (χ3n) is 6.02. The van der Waals surface area contributed by atoms with Crippen LogP contribution < -0.4 is 10.6 Å². The normalized spacial score (nSPS) is 19.3. The lowest BCUT2D eigenvalue weighted by molar-refractivity contribution is -0.115. The number of hydrogen-bond acceptors (Lipinski definition) is 2. The molecule has 5 heteroatoms. The van der Waals surface area contributed by atoms with Gasteiger partial charge >= 0.3 is 6.03 Å². The molecule has 0 bridgehead atoms. The minimum atomic E-state index is -0.116. The summed E-state index contributed by atoms with van der Waals surface area (Å²) in [6, 6.07) is 12.4. The number of nitrogens with one attached hydrogen (secondary N) is 2. The Hall–Kier alpha value is -2.82. The van der Waals surface area contributed by atoms with E-state index in [1.807, 2.05) is 30.0 Å². The number of amides is 3. The van der Waals surface area contributed by atoms with E-state index in [2.05, 4.69) is 42.7 Å². The van der Waals surface area contributed by atoms with E-state index in [9.17, 15) is 9.59 Å². The van der Waals surface area contributed by atoms with Crippen LogP contribution in [-0.2, 0) is 11.2 Å². The maximum atomic E-state index is 13.0. The standard InChI is InChI=1S/C23H27N3O2/c1-14-6-7-18(11-15(14)2)21-5-4-10-26(21)23(28)24-16(3)17-8-9-20-19(12-17)13-22(27)25-20/h6-9,11-12,16,21H,4-5,10,13H2,1-3H3,(H,24,28)(H,25,27)/t16-,21+/m0/s1. The van der Waals surface area contributed by atoms with E-state index in [1.165, 1.54) is 16.7 Å². The zero-order valence-electron chi connectivity index (χ0n) is 16.7. The highest BCUT2D eigenvalue weighted by molar-refractivity contribution is 5.99. The number of carbonyl (C=O) groups excluding carboxylic acids is 2. The molecule has 28 heavy (non-hydrogen) atoms. The summed E-state index contributed by atoms with van der Waals surface area (Å²) in [6.07, 6.45) is 2.42. The first kappa shape index (κ1) is 18.5. The molecule has 3 amide bonds. The fourth-order valence-electron chi connectivity index (χ4n) is 4.20. The average Bonchev–Trinajstić information content (AvgIpc) is 3.28. The molecule has 0 spiro atoms. The van der Waals surface area contributed by atoms with Gasteiger partial charge in [-0.3, -0.25) is 4.79 Å². The summed E-state index contributed by atoms with van der Waals surface area (Å²) in [5.74, 6) is 0.0251. The molecule has 0 aliphatic carbocycles. The maximum absolute atomic E-state index is 13.0. The van der Waals surface area contributed by atoms with Crippen molar-refractivity contribution in [3.8, 4) is 0 Å². The van der Waals surface area contributed by atoms with E-state index in [0.29, 0.717) is 6.42 Å². The average molecular weight is 377 g/mol. The monoisotopic (exact) mass is 377 g/mol. The van der Waals surface area contributed by atoms with Crippen LogP contribution in [0.5, 0.6) is 0 Å². The van der Waals surface area contributed by atoms with Gasteiger partial charge in [0.05, 0.1) is 18.5 Å². The molecule has 2 aliphatic heterocycles. The topological polar surface area (TPSA) is 61.4 Å². The van der Waals surface area contributed by atoms with Crippen LogP contribution in [0.1, 0.15) is 59.7 Å². The van der Waals surface area contributed by atoms with Gasteiger partial charge in [-0.15, -0.1) is 0 Å². The number of carbonyl (C=O) groups is 2. The van der Waals surface area contributed by atoms with Crippen molar-refractivity contribution in [2.75, 3.05) is 11.9 Å². The van der Waals surface area contributed by atoms with Crippen molar-refractivity contribution in [3.05, 3.63) is 64.2 Å². The van der Waals surface area contributed by atoms with Gasteiger partial charge in [-0.25, -0.2) is 4.79 Å². The molecule has 2 heterocycles. The Bertz CT molecular complexity index is 937. The Balaban J connectivity index is 1.47. The van der Waals surface area contributed by atoms with Crippen molar-refractivity contribution in [1.82, 2.24) is 10.2 Å². The van der Waals surface area contributed by atoms with Crippen molar-refractivity contribution < 1.29 is 9.59 Å². The zero-order chi connectivity index (χ0) is 19.8. The van der Waals surface area contributed by atoms with E-state index in [0.717, 1.165) is 36.2 Å². The van der Waals surface area contributed by atoms with Crippen LogP contribution in [-0.4, -0.2) is 23.4 Å². The highest BCUT2D eigenvalue weighted by Gasteiger charge is 2.31. The van der Waals surface area contributed by atoms with Crippen molar-refractivity contribution >= 4 is 17.6 Å². The van der Waals surface area contributed by atoms with Gasteiger partial charge in [0.25, 0.3) is 0 Å². The van der Waals surface area contributed by atoms with Gasteiger partial charge in [-0.05, 0) is 67.5 Å². The molecular formula is C23H27N3O2. The molecule has 2 aromatic carbocycles. The Morgan fingerprint density at radius 2 is 2.00 bits per heavy atom. The van der Waals surface area contributed by atoms with Gasteiger partial charge in [0.2, 0.25) is 5.91 Å². The summed E-state index contributed by atoms with van der Waals surface area (Å²) in [5, 5.41) is 5.99. The Labute approximate surface area is 166 Å². The summed E-state index contributed by atoms with van der Waals surface area (Å²) in [5.41, 5.74) is 6.64. The van der Waals surface area contributed by atoms with Crippen LogP contribution in [0.4, 0.5) is 10.5 Å². The van der Waals surface area contributed by atoms with Crippen LogP contribution in [0, 0.1) is 13.8 Å². The second-order valence-electron chi connectivity index (χ2n) is 8.01. The number of anilines is 1. The second kappa shape index (κ2) is 7.30. The molecule has 2 aromatic rings. The van der Waals surface area contributed by atoms with Gasteiger partial charge < -0.3 is 15.5 Å². The predicted octanol–water partition coefficient (Wildman–Crippen LogP) is 4.41. The van der Waals surface area contributed by atoms with E-state index >= 15 is 0 Å². The highest BCUT2D eigenvalue weighted by Crippen LogP contribution is 2.33. The van der Waals surface area contributed by atoms with Gasteiger partial charge in [0, 0.05) is 12.2 Å². The molecule has 0 unspecified atom stereocenters. The number of rotatable bonds is 3. The molecule has 4 rings (SSSR count). The quantitative estimate of drug-likeness (QED) is 0.832. The molecule has 2 N–H and O–H groups in total. The lowest BCUT2D eigenvalue weighted by atomic mass is 9.99. The van der Waals surface area contributed by atoms with Gasteiger partial charge in [-0.1, -0.05) is 30.3 Å². The molecule has 0 aromatic heterocycles.